The van der Waals surface area contributed by atoms with Gasteiger partial charge in [-0.3, -0.25) is 4.57 Å². The van der Waals surface area contributed by atoms with E-state index in [1.807, 2.05) is 0 Å². The molecule has 1 atom stereocenters. The average Bonchev–Trinajstić information content (AvgIpc) is 2.42. The first kappa shape index (κ1) is 10.2. The van der Waals surface area contributed by atoms with Crippen LogP contribution in [0, 0.1) is 0 Å². The zero-order chi connectivity index (χ0) is 9.19. The predicted octanol–water partition coefficient (Wildman–Crippen LogP) is 1.33. The summed E-state index contributed by atoms with van der Waals surface area (Å²) in [6.45, 7) is 6.57. The van der Waals surface area contributed by atoms with Crippen LogP contribution in [0.3, 0.4) is 0 Å². The van der Waals surface area contributed by atoms with Gasteiger partial charge in [-0.1, -0.05) is 13.8 Å². The molecular formula is C8H19NO2Si. The van der Waals surface area contributed by atoms with Crippen LogP contribution in [-0.4, -0.2) is 40.6 Å². The lowest BCUT2D eigenvalue weighted by atomic mass is 10.3. The van der Waals surface area contributed by atoms with Gasteiger partial charge in [-0.15, -0.1) is 0 Å². The van der Waals surface area contributed by atoms with E-state index in [2.05, 4.69) is 18.4 Å². The lowest BCUT2D eigenvalue weighted by Crippen LogP contribution is -2.55. The van der Waals surface area contributed by atoms with Crippen molar-refractivity contribution in [3.05, 3.63) is 0 Å². The van der Waals surface area contributed by atoms with Crippen molar-refractivity contribution in [3.8, 4) is 0 Å². The minimum absolute atomic E-state index is 0.590. The molecule has 4 heteroatoms. The van der Waals surface area contributed by atoms with Crippen molar-refractivity contribution < 1.29 is 8.85 Å². The second-order valence-corrected chi connectivity index (χ2v) is 7.00. The van der Waals surface area contributed by atoms with Crippen molar-refractivity contribution in [2.24, 2.45) is 0 Å². The maximum absolute atomic E-state index is 5.61. The summed E-state index contributed by atoms with van der Waals surface area (Å²) in [4.78, 5) is 0. The minimum Gasteiger partial charge on any atom is -0.386 e. The molecule has 0 radical (unpaired) electrons. The lowest BCUT2D eigenvalue weighted by molar-refractivity contribution is 0.179. The van der Waals surface area contributed by atoms with Crippen LogP contribution in [0.1, 0.15) is 20.3 Å². The Morgan fingerprint density at radius 1 is 1.42 bits per heavy atom. The van der Waals surface area contributed by atoms with Crippen LogP contribution in [0.15, 0.2) is 0 Å². The summed E-state index contributed by atoms with van der Waals surface area (Å²) >= 11 is 0. The molecule has 1 aliphatic heterocycles. The van der Waals surface area contributed by atoms with Gasteiger partial charge in [0, 0.05) is 19.8 Å². The highest BCUT2D eigenvalue weighted by Gasteiger charge is 2.52. The standard InChI is InChI=1S/C8H19NO2Si/c1-5-9-7-6-8(2)12(9,10-3)11-4/h8H,5-7H2,1-4H3. The lowest BCUT2D eigenvalue weighted by Gasteiger charge is -2.33. The van der Waals surface area contributed by atoms with Crippen LogP contribution >= 0.6 is 0 Å². The van der Waals surface area contributed by atoms with Crippen LogP contribution in [0.5, 0.6) is 0 Å². The molecular weight excluding hydrogens is 170 g/mol. The van der Waals surface area contributed by atoms with E-state index < -0.39 is 8.72 Å². The molecule has 1 aliphatic rings. The van der Waals surface area contributed by atoms with E-state index in [4.69, 9.17) is 8.85 Å². The van der Waals surface area contributed by atoms with Crippen LogP contribution in [-0.2, 0) is 8.85 Å². The van der Waals surface area contributed by atoms with Gasteiger partial charge in [-0.05, 0) is 19.5 Å². The fourth-order valence-electron chi connectivity index (χ4n) is 2.12. The number of hydrogen-bond acceptors (Lipinski definition) is 3. The zero-order valence-corrected chi connectivity index (χ0v) is 9.46. The van der Waals surface area contributed by atoms with Crippen molar-refractivity contribution in [3.63, 3.8) is 0 Å². The first-order chi connectivity index (χ1) is 5.71. The molecule has 0 aromatic heterocycles. The Hall–Kier alpha value is 0.0969. The topological polar surface area (TPSA) is 21.7 Å². The third-order valence-corrected chi connectivity index (χ3v) is 6.99. The van der Waals surface area contributed by atoms with E-state index in [0.29, 0.717) is 5.54 Å². The Morgan fingerprint density at radius 2 is 2.00 bits per heavy atom. The molecule has 3 nitrogen and oxygen atoms in total. The summed E-state index contributed by atoms with van der Waals surface area (Å²) in [7, 11) is 1.58. The second-order valence-electron chi connectivity index (χ2n) is 3.31. The van der Waals surface area contributed by atoms with Crippen molar-refractivity contribution in [1.29, 1.82) is 0 Å². The summed E-state index contributed by atoms with van der Waals surface area (Å²) < 4.78 is 13.6. The molecule has 0 aromatic rings. The van der Waals surface area contributed by atoms with Crippen molar-refractivity contribution in [2.45, 2.75) is 25.8 Å². The molecule has 1 saturated heterocycles. The molecule has 1 rings (SSSR count). The fraction of sp³-hybridized carbons (Fsp3) is 1.00. The molecule has 0 spiro atoms. The maximum atomic E-state index is 5.61. The summed E-state index contributed by atoms with van der Waals surface area (Å²) in [5.41, 5.74) is 0.590. The van der Waals surface area contributed by atoms with Gasteiger partial charge >= 0.3 is 8.72 Å². The smallest absolute Gasteiger partial charge is 0.386 e. The fourth-order valence-corrected chi connectivity index (χ4v) is 5.61. The van der Waals surface area contributed by atoms with Gasteiger partial charge in [0.1, 0.15) is 0 Å². The largest absolute Gasteiger partial charge is 0.430 e. The first-order valence-electron chi connectivity index (χ1n) is 4.56. The Balaban J connectivity index is 2.78. The molecule has 0 saturated carbocycles. The SMILES string of the molecule is CCN1CCC(C)[Si]1(OC)OC. The van der Waals surface area contributed by atoms with Crippen LogP contribution in [0.2, 0.25) is 5.54 Å². The summed E-state index contributed by atoms with van der Waals surface area (Å²) in [6, 6.07) is 0. The normalized spacial score (nSPS) is 29.5. The zero-order valence-electron chi connectivity index (χ0n) is 8.46. The summed E-state index contributed by atoms with van der Waals surface area (Å²) in [6.07, 6.45) is 1.21. The quantitative estimate of drug-likeness (QED) is 0.625. The molecule has 1 heterocycles. The Kier molecular flexibility index (Phi) is 3.28. The van der Waals surface area contributed by atoms with E-state index >= 15 is 0 Å². The van der Waals surface area contributed by atoms with Gasteiger partial charge < -0.3 is 8.85 Å². The highest BCUT2D eigenvalue weighted by Crippen LogP contribution is 2.35. The van der Waals surface area contributed by atoms with E-state index in [9.17, 15) is 0 Å². The van der Waals surface area contributed by atoms with E-state index in [1.54, 1.807) is 14.2 Å². The van der Waals surface area contributed by atoms with Crippen molar-refractivity contribution in [2.75, 3.05) is 27.3 Å². The highest BCUT2D eigenvalue weighted by atomic mass is 28.4. The Bertz CT molecular complexity index is 150. The third-order valence-electron chi connectivity index (χ3n) is 2.86. The maximum Gasteiger partial charge on any atom is 0.430 e. The molecule has 0 aromatic carbocycles. The minimum atomic E-state index is -1.98. The molecule has 0 aliphatic carbocycles. The van der Waals surface area contributed by atoms with Gasteiger partial charge in [0.05, 0.1) is 0 Å². The molecule has 1 unspecified atom stereocenters. The van der Waals surface area contributed by atoms with Gasteiger partial charge in [0.15, 0.2) is 0 Å². The molecule has 12 heavy (non-hydrogen) atoms. The van der Waals surface area contributed by atoms with Crippen molar-refractivity contribution >= 4 is 8.72 Å². The van der Waals surface area contributed by atoms with Gasteiger partial charge in [-0.2, -0.15) is 0 Å². The molecule has 0 amide bonds. The summed E-state index contributed by atoms with van der Waals surface area (Å²) in [5.74, 6) is 0. The van der Waals surface area contributed by atoms with E-state index in [1.165, 1.54) is 6.42 Å². The average molecular weight is 189 g/mol. The molecule has 1 fully saturated rings. The van der Waals surface area contributed by atoms with Crippen LogP contribution in [0.4, 0.5) is 0 Å². The molecule has 0 N–H and O–H groups in total. The molecule has 72 valence electrons. The number of rotatable bonds is 3. The van der Waals surface area contributed by atoms with Gasteiger partial charge in [0.2, 0.25) is 0 Å². The Morgan fingerprint density at radius 3 is 2.33 bits per heavy atom. The Labute approximate surface area is 76.0 Å². The van der Waals surface area contributed by atoms with Crippen LogP contribution in [0.25, 0.3) is 0 Å². The second kappa shape index (κ2) is 3.87. The van der Waals surface area contributed by atoms with E-state index in [0.717, 1.165) is 13.1 Å². The number of nitrogens with zero attached hydrogens (tertiary/aromatic N) is 1. The van der Waals surface area contributed by atoms with Gasteiger partial charge in [0.25, 0.3) is 0 Å². The summed E-state index contributed by atoms with van der Waals surface area (Å²) in [5, 5.41) is 0. The third kappa shape index (κ3) is 1.33. The predicted molar refractivity (Wildman–Crippen MR) is 51.1 cm³/mol. The number of hydrogen-bond donors (Lipinski definition) is 0. The highest BCUT2D eigenvalue weighted by molar-refractivity contribution is 6.66. The van der Waals surface area contributed by atoms with Crippen molar-refractivity contribution in [1.82, 2.24) is 4.57 Å². The monoisotopic (exact) mass is 189 g/mol. The molecule has 0 bridgehead atoms. The van der Waals surface area contributed by atoms with Gasteiger partial charge in [-0.25, -0.2) is 0 Å². The van der Waals surface area contributed by atoms with Crippen LogP contribution < -0.4 is 0 Å². The first-order valence-corrected chi connectivity index (χ1v) is 6.40. The van der Waals surface area contributed by atoms with E-state index in [-0.39, 0.29) is 0 Å².